The molecule has 0 radical (unpaired) electrons. The molecule has 1 aromatic heterocycles. The van der Waals surface area contributed by atoms with Crippen LogP contribution in [0.4, 0.5) is 5.82 Å². The van der Waals surface area contributed by atoms with E-state index in [1.165, 1.54) is 0 Å². The van der Waals surface area contributed by atoms with Crippen LogP contribution in [0.1, 0.15) is 45.2 Å². The molecular formula is C29H38N4O2. The normalized spacial score (nSPS) is 17.5. The number of nitrogens with zero attached hydrogens (tertiary/aromatic N) is 4. The van der Waals surface area contributed by atoms with E-state index >= 15 is 0 Å². The van der Waals surface area contributed by atoms with Gasteiger partial charge in [0, 0.05) is 30.6 Å². The second kappa shape index (κ2) is 10.3. The average molecular weight is 475 g/mol. The van der Waals surface area contributed by atoms with E-state index in [0.29, 0.717) is 32.0 Å². The summed E-state index contributed by atoms with van der Waals surface area (Å²) >= 11 is 0. The van der Waals surface area contributed by atoms with Gasteiger partial charge in [0.1, 0.15) is 11.9 Å². The van der Waals surface area contributed by atoms with E-state index in [4.69, 9.17) is 9.97 Å². The number of aryl methyl sites for hydroxylation is 2. The summed E-state index contributed by atoms with van der Waals surface area (Å²) in [6.07, 6.45) is -0.453. The first kappa shape index (κ1) is 25.1. The molecule has 2 heterocycles. The zero-order valence-electron chi connectivity index (χ0n) is 21.8. The van der Waals surface area contributed by atoms with Crippen molar-refractivity contribution in [2.24, 2.45) is 11.8 Å². The van der Waals surface area contributed by atoms with Gasteiger partial charge in [0.15, 0.2) is 5.82 Å². The molecule has 0 saturated carbocycles. The zero-order chi connectivity index (χ0) is 25.3. The van der Waals surface area contributed by atoms with Crippen LogP contribution in [0.5, 0.6) is 0 Å². The van der Waals surface area contributed by atoms with Gasteiger partial charge in [-0.15, -0.1) is 0 Å². The minimum absolute atomic E-state index is 0.0862. The summed E-state index contributed by atoms with van der Waals surface area (Å²) in [7, 11) is 0. The largest absolute Gasteiger partial charge is 0.383 e. The number of benzene rings is 2. The molecule has 1 aliphatic heterocycles. The smallest absolute Gasteiger partial charge is 0.251 e. The van der Waals surface area contributed by atoms with Crippen molar-refractivity contribution in [3.8, 4) is 11.4 Å². The summed E-state index contributed by atoms with van der Waals surface area (Å²) in [5.74, 6) is 2.05. The minimum atomic E-state index is -0.940. The van der Waals surface area contributed by atoms with Crippen LogP contribution in [0.3, 0.4) is 0 Å². The Morgan fingerprint density at radius 2 is 1.80 bits per heavy atom. The van der Waals surface area contributed by atoms with Crippen LogP contribution in [0, 0.1) is 25.7 Å². The summed E-state index contributed by atoms with van der Waals surface area (Å²) in [4.78, 5) is 27.3. The molecule has 6 nitrogen and oxygen atoms in total. The molecule has 1 saturated heterocycles. The maximum atomic E-state index is 13.0. The molecule has 4 rings (SSSR count). The molecule has 3 aromatic rings. The number of aliphatic hydroxyl groups excluding tert-OH is 1. The zero-order valence-corrected chi connectivity index (χ0v) is 21.8. The van der Waals surface area contributed by atoms with E-state index in [1.807, 2.05) is 30.9 Å². The van der Waals surface area contributed by atoms with Crippen LogP contribution in [0.15, 0.2) is 42.5 Å². The van der Waals surface area contributed by atoms with Gasteiger partial charge in [0.2, 0.25) is 0 Å². The summed E-state index contributed by atoms with van der Waals surface area (Å²) in [5.41, 5.74) is 4.26. The second-order valence-electron chi connectivity index (χ2n) is 10.6. The maximum Gasteiger partial charge on any atom is 0.251 e. The highest BCUT2D eigenvalue weighted by molar-refractivity contribution is 5.92. The van der Waals surface area contributed by atoms with Gasteiger partial charge in [0.25, 0.3) is 5.91 Å². The lowest BCUT2D eigenvalue weighted by atomic mass is 9.97. The quantitative estimate of drug-likeness (QED) is 0.545. The van der Waals surface area contributed by atoms with E-state index in [1.54, 1.807) is 0 Å². The van der Waals surface area contributed by atoms with Gasteiger partial charge >= 0.3 is 0 Å². The first-order chi connectivity index (χ1) is 16.7. The van der Waals surface area contributed by atoms with Crippen molar-refractivity contribution in [2.75, 3.05) is 24.5 Å². The van der Waals surface area contributed by atoms with Crippen molar-refractivity contribution in [3.63, 3.8) is 0 Å². The molecule has 0 unspecified atom stereocenters. The lowest BCUT2D eigenvalue weighted by Crippen LogP contribution is -2.58. The molecule has 0 bridgehead atoms. The van der Waals surface area contributed by atoms with Crippen LogP contribution in [0.2, 0.25) is 0 Å². The molecule has 0 spiro atoms. The molecule has 1 fully saturated rings. The van der Waals surface area contributed by atoms with Gasteiger partial charge in [-0.3, -0.25) is 4.79 Å². The van der Waals surface area contributed by atoms with Crippen molar-refractivity contribution >= 4 is 22.6 Å². The van der Waals surface area contributed by atoms with Gasteiger partial charge in [-0.05, 0) is 55.4 Å². The Bertz CT molecular complexity index is 1210. The number of aromatic nitrogens is 2. The summed E-state index contributed by atoms with van der Waals surface area (Å²) in [6.45, 7) is 14.4. The fourth-order valence-electron chi connectivity index (χ4n) is 4.99. The van der Waals surface area contributed by atoms with Gasteiger partial charge in [0.05, 0.1) is 11.6 Å². The van der Waals surface area contributed by atoms with Gasteiger partial charge in [-0.25, -0.2) is 9.97 Å². The van der Waals surface area contributed by atoms with Crippen molar-refractivity contribution in [2.45, 2.75) is 60.1 Å². The number of hydrogen-bond acceptors (Lipinski definition) is 5. The lowest BCUT2D eigenvalue weighted by Gasteiger charge is -2.45. The first-order valence-electron chi connectivity index (χ1n) is 12.7. The Morgan fingerprint density at radius 3 is 2.49 bits per heavy atom. The molecule has 6 heteroatoms. The standard InChI is InChI=1S/C29H38N4O2/c1-18(2)15-26(34)29(35)32-13-14-33(25(17-32)19(3)4)28-23-12-11-20(5)16-24(23)30-27(31-28)22-10-8-7-9-21(22)6/h7-12,16,18-19,25-26,34H,13-15,17H2,1-6H3/t25-,26+/m1/s1. The number of carbonyl (C=O) groups excluding carboxylic acids is 1. The monoisotopic (exact) mass is 474 g/mol. The highest BCUT2D eigenvalue weighted by Gasteiger charge is 2.35. The average Bonchev–Trinajstić information content (AvgIpc) is 2.82. The molecule has 2 aromatic carbocycles. The number of aliphatic hydroxyl groups is 1. The minimum Gasteiger partial charge on any atom is -0.383 e. The van der Waals surface area contributed by atoms with E-state index in [0.717, 1.165) is 39.2 Å². The number of piperazine rings is 1. The SMILES string of the molecule is Cc1ccc2c(N3CCN(C(=O)[C@@H](O)CC(C)C)C[C@@H]3C(C)C)nc(-c3ccccc3C)nc2c1. The van der Waals surface area contributed by atoms with Gasteiger partial charge in [-0.2, -0.15) is 0 Å². The Labute approximate surface area is 209 Å². The van der Waals surface area contributed by atoms with Crippen LogP contribution < -0.4 is 4.90 Å². The molecule has 2 atom stereocenters. The molecule has 0 aliphatic carbocycles. The molecular weight excluding hydrogens is 436 g/mol. The topological polar surface area (TPSA) is 69.6 Å². The number of hydrogen-bond donors (Lipinski definition) is 1. The van der Waals surface area contributed by atoms with Crippen molar-refractivity contribution in [3.05, 3.63) is 53.6 Å². The number of anilines is 1. The van der Waals surface area contributed by atoms with E-state index in [2.05, 4.69) is 62.9 Å². The first-order valence-corrected chi connectivity index (χ1v) is 12.7. The van der Waals surface area contributed by atoms with Crippen LogP contribution >= 0.6 is 0 Å². The van der Waals surface area contributed by atoms with Gasteiger partial charge < -0.3 is 14.9 Å². The Morgan fingerprint density at radius 1 is 1.06 bits per heavy atom. The number of carbonyl (C=O) groups is 1. The fraction of sp³-hybridized carbons (Fsp3) is 0.483. The van der Waals surface area contributed by atoms with Crippen molar-refractivity contribution in [1.82, 2.24) is 14.9 Å². The van der Waals surface area contributed by atoms with Crippen molar-refractivity contribution < 1.29 is 9.90 Å². The maximum absolute atomic E-state index is 13.0. The summed E-state index contributed by atoms with van der Waals surface area (Å²) < 4.78 is 0. The number of rotatable bonds is 6. The highest BCUT2D eigenvalue weighted by atomic mass is 16.3. The fourth-order valence-corrected chi connectivity index (χ4v) is 4.99. The van der Waals surface area contributed by atoms with Crippen molar-refractivity contribution in [1.29, 1.82) is 0 Å². The van der Waals surface area contributed by atoms with E-state index < -0.39 is 6.10 Å². The third-order valence-electron chi connectivity index (χ3n) is 6.97. The Kier molecular flexibility index (Phi) is 7.41. The summed E-state index contributed by atoms with van der Waals surface area (Å²) in [6, 6.07) is 14.6. The Balaban J connectivity index is 1.75. The molecule has 1 N–H and O–H groups in total. The lowest BCUT2D eigenvalue weighted by molar-refractivity contribution is -0.142. The molecule has 186 valence electrons. The third kappa shape index (κ3) is 5.32. The third-order valence-corrected chi connectivity index (χ3v) is 6.97. The van der Waals surface area contributed by atoms with Gasteiger partial charge in [-0.1, -0.05) is 58.0 Å². The number of fused-ring (bicyclic) bond motifs is 1. The second-order valence-corrected chi connectivity index (χ2v) is 10.6. The predicted molar refractivity (Wildman–Crippen MR) is 142 cm³/mol. The van der Waals surface area contributed by atoms with Crippen LogP contribution in [-0.4, -0.2) is 57.7 Å². The number of amides is 1. The Hall–Kier alpha value is -2.99. The van der Waals surface area contributed by atoms with Crippen LogP contribution in [-0.2, 0) is 4.79 Å². The van der Waals surface area contributed by atoms with E-state index in [-0.39, 0.29) is 17.9 Å². The predicted octanol–water partition coefficient (Wildman–Crippen LogP) is 4.99. The molecule has 1 aliphatic rings. The molecule has 35 heavy (non-hydrogen) atoms. The highest BCUT2D eigenvalue weighted by Crippen LogP contribution is 2.33. The summed E-state index contributed by atoms with van der Waals surface area (Å²) in [5, 5.41) is 11.5. The molecule has 1 amide bonds. The van der Waals surface area contributed by atoms with E-state index in [9.17, 15) is 9.90 Å². The van der Waals surface area contributed by atoms with Crippen LogP contribution in [0.25, 0.3) is 22.3 Å².